The van der Waals surface area contributed by atoms with Crippen molar-refractivity contribution in [2.24, 2.45) is 17.3 Å². The average Bonchev–Trinajstić information content (AvgIpc) is 2.66. The molecule has 0 spiro atoms. The Labute approximate surface area is 106 Å². The van der Waals surface area contributed by atoms with Crippen LogP contribution in [-0.4, -0.2) is 18.9 Å². The molecule has 0 aromatic rings. The lowest BCUT2D eigenvalue weighted by Crippen LogP contribution is -2.42. The Kier molecular flexibility index (Phi) is 4.24. The van der Waals surface area contributed by atoms with Crippen molar-refractivity contribution in [1.29, 1.82) is 0 Å². The predicted molar refractivity (Wildman–Crippen MR) is 71.0 cm³/mol. The van der Waals surface area contributed by atoms with Gasteiger partial charge in [-0.1, -0.05) is 39.5 Å². The normalized spacial score (nSPS) is 31.7. The molecule has 98 valence electrons. The van der Waals surface area contributed by atoms with E-state index in [0.717, 1.165) is 32.4 Å². The van der Waals surface area contributed by atoms with Gasteiger partial charge < -0.3 is 5.32 Å². The molecule has 1 saturated heterocycles. The van der Waals surface area contributed by atoms with Gasteiger partial charge in [0.1, 0.15) is 5.78 Å². The van der Waals surface area contributed by atoms with Gasteiger partial charge in [0, 0.05) is 17.9 Å². The maximum Gasteiger partial charge on any atom is 0.143 e. The third kappa shape index (κ3) is 2.57. The molecule has 2 rings (SSSR count). The smallest absolute Gasteiger partial charge is 0.143 e. The highest BCUT2D eigenvalue weighted by atomic mass is 16.1. The number of nitrogens with one attached hydrogen (secondary N) is 1. The van der Waals surface area contributed by atoms with Gasteiger partial charge in [-0.2, -0.15) is 0 Å². The topological polar surface area (TPSA) is 29.1 Å². The first-order valence-corrected chi connectivity index (χ1v) is 7.42. The second-order valence-electron chi connectivity index (χ2n) is 6.29. The highest BCUT2D eigenvalue weighted by molar-refractivity contribution is 5.88. The van der Waals surface area contributed by atoms with E-state index in [0.29, 0.717) is 17.6 Å². The number of carbonyl (C=O) groups is 1. The van der Waals surface area contributed by atoms with Crippen LogP contribution in [0.25, 0.3) is 0 Å². The van der Waals surface area contributed by atoms with Crippen molar-refractivity contribution in [3.63, 3.8) is 0 Å². The molecule has 1 atom stereocenters. The van der Waals surface area contributed by atoms with Gasteiger partial charge in [-0.05, 0) is 31.7 Å². The van der Waals surface area contributed by atoms with E-state index in [-0.39, 0.29) is 5.41 Å². The second kappa shape index (κ2) is 5.51. The minimum Gasteiger partial charge on any atom is -0.316 e. The van der Waals surface area contributed by atoms with Gasteiger partial charge in [0.05, 0.1) is 0 Å². The third-order valence-corrected chi connectivity index (χ3v) is 5.01. The number of hydrogen-bond donors (Lipinski definition) is 1. The van der Waals surface area contributed by atoms with Gasteiger partial charge in [0.25, 0.3) is 0 Å². The molecule has 2 heteroatoms. The summed E-state index contributed by atoms with van der Waals surface area (Å²) in [6, 6.07) is 0. The van der Waals surface area contributed by atoms with Gasteiger partial charge >= 0.3 is 0 Å². The second-order valence-corrected chi connectivity index (χ2v) is 6.29. The molecule has 1 aliphatic heterocycles. The van der Waals surface area contributed by atoms with Gasteiger partial charge in [0.15, 0.2) is 0 Å². The summed E-state index contributed by atoms with van der Waals surface area (Å²) in [6.45, 7) is 6.39. The Bertz CT molecular complexity index is 258. The van der Waals surface area contributed by atoms with Crippen LogP contribution in [0.15, 0.2) is 0 Å². The summed E-state index contributed by atoms with van der Waals surface area (Å²) in [7, 11) is 0. The van der Waals surface area contributed by atoms with Crippen LogP contribution < -0.4 is 5.32 Å². The lowest BCUT2D eigenvalue weighted by Gasteiger charge is -2.34. The Morgan fingerprint density at radius 2 is 1.82 bits per heavy atom. The van der Waals surface area contributed by atoms with Crippen LogP contribution in [0, 0.1) is 17.3 Å². The monoisotopic (exact) mass is 237 g/mol. The van der Waals surface area contributed by atoms with E-state index >= 15 is 0 Å². The fraction of sp³-hybridized carbons (Fsp3) is 0.933. The summed E-state index contributed by atoms with van der Waals surface area (Å²) in [5.41, 5.74) is -0.0466. The first-order chi connectivity index (χ1) is 8.17. The summed E-state index contributed by atoms with van der Waals surface area (Å²) in [4.78, 5) is 12.9. The van der Waals surface area contributed by atoms with Crippen molar-refractivity contribution < 1.29 is 4.79 Å². The van der Waals surface area contributed by atoms with Crippen molar-refractivity contribution >= 4 is 5.78 Å². The molecule has 0 radical (unpaired) electrons. The lowest BCUT2D eigenvalue weighted by atomic mass is 9.68. The van der Waals surface area contributed by atoms with Crippen molar-refractivity contribution in [3.05, 3.63) is 0 Å². The minimum atomic E-state index is -0.0466. The minimum absolute atomic E-state index is 0.0466. The number of rotatable bonds is 3. The van der Waals surface area contributed by atoms with Gasteiger partial charge in [-0.3, -0.25) is 4.79 Å². The van der Waals surface area contributed by atoms with Gasteiger partial charge in [-0.15, -0.1) is 0 Å². The standard InChI is InChI=1S/C15H27NO/c1-12(2)15(9-10-16-11-15)14(17)13-7-5-3-4-6-8-13/h12-13,16H,3-11H2,1-2H3. The Morgan fingerprint density at radius 1 is 1.18 bits per heavy atom. The Balaban J connectivity index is 2.10. The summed E-state index contributed by atoms with van der Waals surface area (Å²) >= 11 is 0. The van der Waals surface area contributed by atoms with Crippen LogP contribution in [0.1, 0.15) is 58.8 Å². The molecule has 2 aliphatic rings. The molecule has 1 unspecified atom stereocenters. The van der Waals surface area contributed by atoms with Gasteiger partial charge in [0.2, 0.25) is 0 Å². The third-order valence-electron chi connectivity index (χ3n) is 5.01. The molecule has 0 aromatic carbocycles. The number of carbonyl (C=O) groups excluding carboxylic acids is 1. The van der Waals surface area contributed by atoms with E-state index in [1.807, 2.05) is 0 Å². The maximum absolute atomic E-state index is 12.9. The molecule has 1 heterocycles. The van der Waals surface area contributed by atoms with Crippen LogP contribution in [0.2, 0.25) is 0 Å². The highest BCUT2D eigenvalue weighted by Crippen LogP contribution is 2.40. The molecule has 0 bridgehead atoms. The largest absolute Gasteiger partial charge is 0.316 e. The SMILES string of the molecule is CC(C)C1(C(=O)C2CCCCCC2)CCNC1. The summed E-state index contributed by atoms with van der Waals surface area (Å²) < 4.78 is 0. The molecule has 2 nitrogen and oxygen atoms in total. The highest BCUT2D eigenvalue weighted by Gasteiger charge is 2.45. The quantitative estimate of drug-likeness (QED) is 0.764. The van der Waals surface area contributed by atoms with E-state index in [1.54, 1.807) is 0 Å². The molecule has 0 aromatic heterocycles. The zero-order valence-corrected chi connectivity index (χ0v) is 11.4. The van der Waals surface area contributed by atoms with Crippen LogP contribution in [0.4, 0.5) is 0 Å². The molecule has 17 heavy (non-hydrogen) atoms. The van der Waals surface area contributed by atoms with E-state index < -0.39 is 0 Å². The molecule has 1 aliphatic carbocycles. The van der Waals surface area contributed by atoms with Crippen LogP contribution in [0.3, 0.4) is 0 Å². The fourth-order valence-corrected chi connectivity index (χ4v) is 3.65. The fourth-order valence-electron chi connectivity index (χ4n) is 3.65. The first-order valence-electron chi connectivity index (χ1n) is 7.42. The lowest BCUT2D eigenvalue weighted by molar-refractivity contribution is -0.134. The number of Topliss-reactive ketones (excluding diaryl/α,β-unsaturated/α-hetero) is 1. The van der Waals surface area contributed by atoms with E-state index in [2.05, 4.69) is 19.2 Å². The summed E-state index contributed by atoms with van der Waals surface area (Å²) in [6.07, 6.45) is 8.53. The molecular formula is C15H27NO. The molecule has 0 amide bonds. The summed E-state index contributed by atoms with van der Waals surface area (Å²) in [5.74, 6) is 1.42. The summed E-state index contributed by atoms with van der Waals surface area (Å²) in [5, 5.41) is 3.41. The average molecular weight is 237 g/mol. The van der Waals surface area contributed by atoms with Crippen LogP contribution >= 0.6 is 0 Å². The molecular weight excluding hydrogens is 210 g/mol. The van der Waals surface area contributed by atoms with Gasteiger partial charge in [-0.25, -0.2) is 0 Å². The van der Waals surface area contributed by atoms with Crippen molar-refractivity contribution in [2.45, 2.75) is 58.8 Å². The van der Waals surface area contributed by atoms with E-state index in [4.69, 9.17) is 0 Å². The Hall–Kier alpha value is -0.370. The predicted octanol–water partition coefficient (Wildman–Crippen LogP) is 3.16. The van der Waals surface area contributed by atoms with Crippen molar-refractivity contribution in [1.82, 2.24) is 5.32 Å². The van der Waals surface area contributed by atoms with Crippen molar-refractivity contribution in [3.8, 4) is 0 Å². The zero-order chi connectivity index (χ0) is 12.3. The molecule has 2 fully saturated rings. The molecule has 1 N–H and O–H groups in total. The van der Waals surface area contributed by atoms with E-state index in [1.165, 1.54) is 25.7 Å². The van der Waals surface area contributed by atoms with Crippen LogP contribution in [-0.2, 0) is 4.79 Å². The van der Waals surface area contributed by atoms with E-state index in [9.17, 15) is 4.79 Å². The maximum atomic E-state index is 12.9. The zero-order valence-electron chi connectivity index (χ0n) is 11.4. The molecule has 1 saturated carbocycles. The van der Waals surface area contributed by atoms with Crippen LogP contribution in [0.5, 0.6) is 0 Å². The first kappa shape index (κ1) is 13.1. The Morgan fingerprint density at radius 3 is 2.29 bits per heavy atom. The van der Waals surface area contributed by atoms with Crippen molar-refractivity contribution in [2.75, 3.05) is 13.1 Å². The number of hydrogen-bond acceptors (Lipinski definition) is 2. The number of ketones is 1.